The van der Waals surface area contributed by atoms with Crippen LogP contribution in [0.4, 0.5) is 10.5 Å². The maximum Gasteiger partial charge on any atom is 0.415 e. The molecule has 0 aliphatic carbocycles. The Morgan fingerprint density at radius 2 is 2.10 bits per heavy atom. The fourth-order valence-corrected chi connectivity index (χ4v) is 1.99. The highest BCUT2D eigenvalue weighted by Crippen LogP contribution is 2.34. The Bertz CT molecular complexity index is 543. The molecule has 0 spiro atoms. The number of allylic oxidation sites excluding steroid dienone is 1. The summed E-state index contributed by atoms with van der Waals surface area (Å²) in [5.41, 5.74) is 2.21. The van der Waals surface area contributed by atoms with Crippen LogP contribution in [0.15, 0.2) is 24.8 Å². The number of rotatable bonds is 1. The summed E-state index contributed by atoms with van der Waals surface area (Å²) in [5.74, 6) is 0.697. The van der Waals surface area contributed by atoms with E-state index >= 15 is 0 Å². The molecule has 0 fully saturated rings. The van der Waals surface area contributed by atoms with Gasteiger partial charge in [-0.05, 0) is 45.4 Å². The summed E-state index contributed by atoms with van der Waals surface area (Å²) >= 11 is 0. The molecule has 4 heteroatoms. The van der Waals surface area contributed by atoms with E-state index in [9.17, 15) is 4.79 Å². The molecule has 0 aromatic heterocycles. The molecular weight excluding hydrogens is 254 g/mol. The molecular formula is C16H21NO3. The van der Waals surface area contributed by atoms with E-state index < -0.39 is 5.60 Å². The lowest BCUT2D eigenvalue weighted by atomic mass is 10.1. The maximum absolute atomic E-state index is 12.2. The van der Waals surface area contributed by atoms with E-state index in [1.165, 1.54) is 0 Å². The SMILES string of the molecule is C=C(C)c1ccc2c(c1)OCCN2C(=O)OC(C)(C)C. The molecule has 1 aliphatic rings. The van der Waals surface area contributed by atoms with Crippen LogP contribution < -0.4 is 9.64 Å². The Morgan fingerprint density at radius 3 is 2.70 bits per heavy atom. The number of hydrogen-bond donors (Lipinski definition) is 0. The lowest BCUT2D eigenvalue weighted by molar-refractivity contribution is 0.0568. The van der Waals surface area contributed by atoms with Gasteiger partial charge < -0.3 is 9.47 Å². The third-order valence-corrected chi connectivity index (χ3v) is 2.93. The minimum atomic E-state index is -0.507. The zero-order chi connectivity index (χ0) is 14.9. The topological polar surface area (TPSA) is 38.8 Å². The van der Waals surface area contributed by atoms with Crippen LogP contribution in [0, 0.1) is 0 Å². The first kappa shape index (κ1) is 14.4. The van der Waals surface area contributed by atoms with E-state index in [1.807, 2.05) is 45.9 Å². The van der Waals surface area contributed by atoms with Crippen molar-refractivity contribution < 1.29 is 14.3 Å². The highest BCUT2D eigenvalue weighted by molar-refractivity contribution is 5.91. The summed E-state index contributed by atoms with van der Waals surface area (Å²) < 4.78 is 11.1. The fraction of sp³-hybridized carbons (Fsp3) is 0.438. The van der Waals surface area contributed by atoms with E-state index in [0.29, 0.717) is 18.9 Å². The lowest BCUT2D eigenvalue weighted by Gasteiger charge is -2.31. The molecule has 20 heavy (non-hydrogen) atoms. The monoisotopic (exact) mass is 275 g/mol. The smallest absolute Gasteiger partial charge is 0.415 e. The van der Waals surface area contributed by atoms with Crippen LogP contribution in [-0.2, 0) is 4.74 Å². The molecule has 2 rings (SSSR count). The summed E-state index contributed by atoms with van der Waals surface area (Å²) in [6, 6.07) is 5.73. The van der Waals surface area contributed by atoms with Gasteiger partial charge in [-0.15, -0.1) is 0 Å². The van der Waals surface area contributed by atoms with Crippen molar-refractivity contribution in [2.45, 2.75) is 33.3 Å². The first-order valence-corrected chi connectivity index (χ1v) is 6.71. The number of fused-ring (bicyclic) bond motifs is 1. The molecule has 1 amide bonds. The van der Waals surface area contributed by atoms with Crippen molar-refractivity contribution in [1.82, 2.24) is 0 Å². The number of anilines is 1. The van der Waals surface area contributed by atoms with Crippen molar-refractivity contribution in [3.05, 3.63) is 30.3 Å². The van der Waals surface area contributed by atoms with Gasteiger partial charge in [-0.2, -0.15) is 0 Å². The van der Waals surface area contributed by atoms with Crippen LogP contribution >= 0.6 is 0 Å². The highest BCUT2D eigenvalue weighted by atomic mass is 16.6. The van der Waals surface area contributed by atoms with Crippen LogP contribution in [0.1, 0.15) is 33.3 Å². The summed E-state index contributed by atoms with van der Waals surface area (Å²) in [5, 5.41) is 0. The molecule has 1 aliphatic heterocycles. The van der Waals surface area contributed by atoms with E-state index in [1.54, 1.807) is 4.90 Å². The maximum atomic E-state index is 12.2. The summed E-state index contributed by atoms with van der Waals surface area (Å²) in [6.45, 7) is 12.4. The van der Waals surface area contributed by atoms with Crippen LogP contribution in [-0.4, -0.2) is 24.8 Å². The van der Waals surface area contributed by atoms with Crippen molar-refractivity contribution in [1.29, 1.82) is 0 Å². The standard InChI is InChI=1S/C16H21NO3/c1-11(2)12-6-7-13-14(10-12)19-9-8-17(13)15(18)20-16(3,4)5/h6-7,10H,1,8-9H2,2-5H3. The summed E-state index contributed by atoms with van der Waals surface area (Å²) in [7, 11) is 0. The van der Waals surface area contributed by atoms with Gasteiger partial charge in [0.2, 0.25) is 0 Å². The molecule has 0 unspecified atom stereocenters. The molecule has 4 nitrogen and oxygen atoms in total. The zero-order valence-corrected chi connectivity index (χ0v) is 12.5. The first-order valence-electron chi connectivity index (χ1n) is 6.71. The third-order valence-electron chi connectivity index (χ3n) is 2.93. The molecule has 1 aromatic carbocycles. The average Bonchev–Trinajstić information content (AvgIpc) is 2.35. The Balaban J connectivity index is 2.29. The van der Waals surface area contributed by atoms with Crippen LogP contribution in [0.2, 0.25) is 0 Å². The molecule has 0 saturated heterocycles. The Morgan fingerprint density at radius 1 is 1.40 bits per heavy atom. The average molecular weight is 275 g/mol. The second-order valence-corrected chi connectivity index (χ2v) is 5.94. The van der Waals surface area contributed by atoms with Gasteiger partial charge in [0.1, 0.15) is 18.0 Å². The Kier molecular flexibility index (Phi) is 3.75. The van der Waals surface area contributed by atoms with E-state index in [0.717, 1.165) is 16.8 Å². The van der Waals surface area contributed by atoms with Crippen molar-refractivity contribution in [3.8, 4) is 5.75 Å². The van der Waals surface area contributed by atoms with Crippen LogP contribution in [0.5, 0.6) is 5.75 Å². The second-order valence-electron chi connectivity index (χ2n) is 5.94. The summed E-state index contributed by atoms with van der Waals surface area (Å²) in [4.78, 5) is 13.8. The largest absolute Gasteiger partial charge is 0.490 e. The van der Waals surface area contributed by atoms with Gasteiger partial charge in [0.25, 0.3) is 0 Å². The zero-order valence-electron chi connectivity index (χ0n) is 12.5. The molecule has 0 radical (unpaired) electrons. The summed E-state index contributed by atoms with van der Waals surface area (Å²) in [6.07, 6.45) is -0.342. The first-order chi connectivity index (χ1) is 9.28. The molecule has 1 heterocycles. The van der Waals surface area contributed by atoms with Crippen LogP contribution in [0.3, 0.4) is 0 Å². The van der Waals surface area contributed by atoms with Gasteiger partial charge in [0, 0.05) is 0 Å². The number of carbonyl (C=O) groups is 1. The Hall–Kier alpha value is -1.97. The number of benzene rings is 1. The van der Waals surface area contributed by atoms with Crippen molar-refractivity contribution in [2.24, 2.45) is 0 Å². The number of amides is 1. The second kappa shape index (κ2) is 5.19. The molecule has 0 N–H and O–H groups in total. The molecule has 0 atom stereocenters. The lowest BCUT2D eigenvalue weighted by Crippen LogP contribution is -2.41. The predicted octanol–water partition coefficient (Wildman–Crippen LogP) is 3.85. The van der Waals surface area contributed by atoms with Gasteiger partial charge in [0.05, 0.1) is 12.2 Å². The molecule has 1 aromatic rings. The molecule has 108 valence electrons. The van der Waals surface area contributed by atoms with Crippen molar-refractivity contribution >= 4 is 17.4 Å². The minimum absolute atomic E-state index is 0.342. The third kappa shape index (κ3) is 3.13. The molecule has 0 bridgehead atoms. The van der Waals surface area contributed by atoms with Crippen molar-refractivity contribution in [3.63, 3.8) is 0 Å². The number of ether oxygens (including phenoxy) is 2. The van der Waals surface area contributed by atoms with E-state index in [2.05, 4.69) is 6.58 Å². The fourth-order valence-electron chi connectivity index (χ4n) is 1.99. The van der Waals surface area contributed by atoms with Gasteiger partial charge in [-0.3, -0.25) is 4.90 Å². The van der Waals surface area contributed by atoms with E-state index in [-0.39, 0.29) is 6.09 Å². The van der Waals surface area contributed by atoms with Gasteiger partial charge >= 0.3 is 6.09 Å². The minimum Gasteiger partial charge on any atom is -0.490 e. The van der Waals surface area contributed by atoms with E-state index in [4.69, 9.17) is 9.47 Å². The van der Waals surface area contributed by atoms with Crippen molar-refractivity contribution in [2.75, 3.05) is 18.1 Å². The van der Waals surface area contributed by atoms with Crippen LogP contribution in [0.25, 0.3) is 5.57 Å². The number of hydrogen-bond acceptors (Lipinski definition) is 3. The Labute approximate surface area is 120 Å². The number of carbonyl (C=O) groups excluding carboxylic acids is 1. The molecule has 0 saturated carbocycles. The predicted molar refractivity (Wildman–Crippen MR) is 80.2 cm³/mol. The number of nitrogens with zero attached hydrogens (tertiary/aromatic N) is 1. The highest BCUT2D eigenvalue weighted by Gasteiger charge is 2.28. The normalized spacial score (nSPS) is 14.3. The van der Waals surface area contributed by atoms with Gasteiger partial charge in [-0.1, -0.05) is 18.2 Å². The van der Waals surface area contributed by atoms with Gasteiger partial charge in [0.15, 0.2) is 0 Å². The van der Waals surface area contributed by atoms with Gasteiger partial charge in [-0.25, -0.2) is 4.79 Å². The quantitative estimate of drug-likeness (QED) is 0.781.